The summed E-state index contributed by atoms with van der Waals surface area (Å²) >= 11 is 0. The van der Waals surface area contributed by atoms with Crippen molar-refractivity contribution in [3.63, 3.8) is 0 Å². The molecule has 0 spiro atoms. The Labute approximate surface area is 127 Å². The van der Waals surface area contributed by atoms with Crippen LogP contribution in [0.1, 0.15) is 43.5 Å². The second-order valence-corrected chi connectivity index (χ2v) is 5.52. The summed E-state index contributed by atoms with van der Waals surface area (Å²) in [6.07, 6.45) is 3.23. The molecule has 0 aliphatic rings. The van der Waals surface area contributed by atoms with Gasteiger partial charge in [-0.1, -0.05) is 25.1 Å². The quantitative estimate of drug-likeness (QED) is 0.744. The number of rotatable bonds is 8. The molecule has 21 heavy (non-hydrogen) atoms. The van der Waals surface area contributed by atoms with Crippen LogP contribution in [-0.2, 0) is 4.74 Å². The van der Waals surface area contributed by atoms with Gasteiger partial charge in [0.25, 0.3) is 0 Å². The van der Waals surface area contributed by atoms with Gasteiger partial charge in [-0.3, -0.25) is 4.98 Å². The van der Waals surface area contributed by atoms with Crippen LogP contribution < -0.4 is 5.32 Å². The molecular weight excluding hydrogens is 260 g/mol. The molecule has 0 aliphatic carbocycles. The van der Waals surface area contributed by atoms with Crippen molar-refractivity contribution in [2.24, 2.45) is 0 Å². The molecule has 0 radical (unpaired) electrons. The Balaban J connectivity index is 2.25. The maximum atomic E-state index is 5.18. The second-order valence-electron chi connectivity index (χ2n) is 5.52. The minimum atomic E-state index is 0.309. The van der Waals surface area contributed by atoms with E-state index >= 15 is 0 Å². The summed E-state index contributed by atoms with van der Waals surface area (Å²) in [5.41, 5.74) is 3.53. The summed E-state index contributed by atoms with van der Waals surface area (Å²) in [7, 11) is 1.76. The van der Waals surface area contributed by atoms with Crippen molar-refractivity contribution in [1.82, 2.24) is 10.3 Å². The highest BCUT2D eigenvalue weighted by atomic mass is 16.5. The molecule has 1 N–H and O–H groups in total. The number of ether oxygens (including phenoxy) is 1. The van der Waals surface area contributed by atoms with E-state index in [1.807, 2.05) is 0 Å². The van der Waals surface area contributed by atoms with E-state index in [9.17, 15) is 0 Å². The number of pyridine rings is 1. The van der Waals surface area contributed by atoms with E-state index in [1.54, 1.807) is 7.11 Å². The van der Waals surface area contributed by atoms with Crippen LogP contribution in [-0.4, -0.2) is 25.2 Å². The number of fused-ring (bicyclic) bond motifs is 1. The lowest BCUT2D eigenvalue weighted by Crippen LogP contribution is -2.23. The molecule has 1 aromatic heterocycles. The van der Waals surface area contributed by atoms with E-state index in [-0.39, 0.29) is 0 Å². The van der Waals surface area contributed by atoms with Crippen molar-refractivity contribution in [3.8, 4) is 0 Å². The number of benzene rings is 1. The lowest BCUT2D eigenvalue weighted by atomic mass is 10.0. The zero-order valence-corrected chi connectivity index (χ0v) is 13.4. The fraction of sp³-hybridized carbons (Fsp3) is 0.500. The monoisotopic (exact) mass is 286 g/mol. The summed E-state index contributed by atoms with van der Waals surface area (Å²) < 4.78 is 5.18. The molecule has 1 aromatic carbocycles. The van der Waals surface area contributed by atoms with E-state index in [1.165, 1.54) is 10.9 Å². The molecule has 0 bridgehead atoms. The van der Waals surface area contributed by atoms with Crippen molar-refractivity contribution < 1.29 is 4.74 Å². The molecule has 0 fully saturated rings. The molecule has 1 atom stereocenters. The summed E-state index contributed by atoms with van der Waals surface area (Å²) in [6.45, 7) is 6.18. The first kappa shape index (κ1) is 15.9. The maximum absolute atomic E-state index is 5.18. The Hall–Kier alpha value is -1.45. The smallest absolute Gasteiger partial charge is 0.0708 e. The van der Waals surface area contributed by atoms with Crippen LogP contribution in [0.15, 0.2) is 30.3 Å². The summed E-state index contributed by atoms with van der Waals surface area (Å²) in [5.74, 6) is 0. The predicted molar refractivity (Wildman–Crippen MR) is 88.6 cm³/mol. The van der Waals surface area contributed by atoms with Gasteiger partial charge in [-0.25, -0.2) is 0 Å². The Morgan fingerprint density at radius 3 is 2.86 bits per heavy atom. The van der Waals surface area contributed by atoms with Gasteiger partial charge < -0.3 is 10.1 Å². The molecule has 0 amide bonds. The number of para-hydroxylation sites is 1. The maximum Gasteiger partial charge on any atom is 0.0708 e. The van der Waals surface area contributed by atoms with Crippen LogP contribution in [0, 0.1) is 6.92 Å². The van der Waals surface area contributed by atoms with Crippen LogP contribution in [0.2, 0.25) is 0 Å². The summed E-state index contributed by atoms with van der Waals surface area (Å²) in [6, 6.07) is 10.9. The zero-order chi connectivity index (χ0) is 15.1. The van der Waals surface area contributed by atoms with E-state index in [0.717, 1.165) is 43.6 Å². The van der Waals surface area contributed by atoms with Crippen molar-refractivity contribution in [2.75, 3.05) is 20.3 Å². The normalized spacial score (nSPS) is 12.7. The van der Waals surface area contributed by atoms with Gasteiger partial charge >= 0.3 is 0 Å². The predicted octanol–water partition coefficient (Wildman–Crippen LogP) is 4.01. The zero-order valence-electron chi connectivity index (χ0n) is 13.4. The molecule has 1 unspecified atom stereocenters. The minimum absolute atomic E-state index is 0.309. The Morgan fingerprint density at radius 2 is 2.10 bits per heavy atom. The van der Waals surface area contributed by atoms with Crippen molar-refractivity contribution in [3.05, 3.63) is 41.6 Å². The molecule has 0 aliphatic heterocycles. The van der Waals surface area contributed by atoms with E-state index < -0.39 is 0 Å². The Kier molecular flexibility index (Phi) is 6.15. The number of nitrogens with one attached hydrogen (secondary N) is 1. The molecular formula is C18H26N2O. The van der Waals surface area contributed by atoms with Gasteiger partial charge in [-0.15, -0.1) is 0 Å². The highest BCUT2D eigenvalue weighted by molar-refractivity contribution is 5.82. The number of aromatic nitrogens is 1. The average molecular weight is 286 g/mol. The highest BCUT2D eigenvalue weighted by Crippen LogP contribution is 2.23. The fourth-order valence-corrected chi connectivity index (χ4v) is 2.66. The van der Waals surface area contributed by atoms with Crippen LogP contribution in [0.4, 0.5) is 0 Å². The van der Waals surface area contributed by atoms with E-state index in [2.05, 4.69) is 49.5 Å². The van der Waals surface area contributed by atoms with E-state index in [4.69, 9.17) is 9.72 Å². The number of hydrogen-bond donors (Lipinski definition) is 1. The molecule has 114 valence electrons. The number of hydrogen-bond acceptors (Lipinski definition) is 3. The number of nitrogens with zero attached hydrogens (tertiary/aromatic N) is 1. The molecule has 2 aromatic rings. The lowest BCUT2D eigenvalue weighted by Gasteiger charge is -2.19. The lowest BCUT2D eigenvalue weighted by molar-refractivity contribution is 0.188. The average Bonchev–Trinajstić information content (AvgIpc) is 2.50. The second kappa shape index (κ2) is 8.11. The molecule has 2 rings (SSSR count). The third kappa shape index (κ3) is 4.26. The standard InChI is InChI=1S/C18H26N2O/c1-4-11-19-17(10-7-12-21-3)18-13-14(2)15-8-5-6-9-16(15)20-18/h5-6,8-9,13,17,19H,4,7,10-12H2,1-3H3. The topological polar surface area (TPSA) is 34.1 Å². The van der Waals surface area contributed by atoms with Gasteiger partial charge in [0.1, 0.15) is 0 Å². The van der Waals surface area contributed by atoms with E-state index in [0.29, 0.717) is 6.04 Å². The van der Waals surface area contributed by atoms with Gasteiger partial charge in [0, 0.05) is 25.1 Å². The SMILES string of the molecule is CCCNC(CCCOC)c1cc(C)c2ccccc2n1. The molecule has 3 nitrogen and oxygen atoms in total. The molecule has 1 heterocycles. The fourth-order valence-electron chi connectivity index (χ4n) is 2.66. The number of aryl methyl sites for hydroxylation is 1. The largest absolute Gasteiger partial charge is 0.385 e. The van der Waals surface area contributed by atoms with Crippen molar-refractivity contribution >= 4 is 10.9 Å². The third-order valence-electron chi connectivity index (χ3n) is 3.78. The van der Waals surface area contributed by atoms with Crippen LogP contribution in [0.25, 0.3) is 10.9 Å². The third-order valence-corrected chi connectivity index (χ3v) is 3.78. The Bertz CT molecular complexity index is 568. The van der Waals surface area contributed by atoms with Crippen molar-refractivity contribution in [1.29, 1.82) is 0 Å². The van der Waals surface area contributed by atoms with Gasteiger partial charge in [-0.05, 0) is 50.4 Å². The van der Waals surface area contributed by atoms with Gasteiger partial charge in [-0.2, -0.15) is 0 Å². The van der Waals surface area contributed by atoms with Crippen molar-refractivity contribution in [2.45, 2.75) is 39.2 Å². The number of methoxy groups -OCH3 is 1. The first-order valence-electron chi connectivity index (χ1n) is 7.85. The van der Waals surface area contributed by atoms with Gasteiger partial charge in [0.2, 0.25) is 0 Å². The van der Waals surface area contributed by atoms with Crippen LogP contribution >= 0.6 is 0 Å². The molecule has 0 saturated heterocycles. The first-order valence-corrected chi connectivity index (χ1v) is 7.85. The molecule has 3 heteroatoms. The first-order chi connectivity index (χ1) is 10.3. The van der Waals surface area contributed by atoms with Gasteiger partial charge in [0.05, 0.1) is 11.2 Å². The van der Waals surface area contributed by atoms with Gasteiger partial charge in [0.15, 0.2) is 0 Å². The Morgan fingerprint density at radius 1 is 1.29 bits per heavy atom. The summed E-state index contributed by atoms with van der Waals surface area (Å²) in [4.78, 5) is 4.86. The summed E-state index contributed by atoms with van der Waals surface area (Å²) in [5, 5.41) is 4.86. The minimum Gasteiger partial charge on any atom is -0.385 e. The molecule has 0 saturated carbocycles. The van der Waals surface area contributed by atoms with Crippen LogP contribution in [0.5, 0.6) is 0 Å². The van der Waals surface area contributed by atoms with Crippen LogP contribution in [0.3, 0.4) is 0 Å². The highest BCUT2D eigenvalue weighted by Gasteiger charge is 2.13.